The predicted molar refractivity (Wildman–Crippen MR) is 65.4 cm³/mol. The summed E-state index contributed by atoms with van der Waals surface area (Å²) in [5.41, 5.74) is -0.885. The monoisotopic (exact) mass is 284 g/mol. The Morgan fingerprint density at radius 2 is 1.70 bits per heavy atom. The van der Waals surface area contributed by atoms with E-state index in [9.17, 15) is 25.0 Å². The number of aromatic amines is 1. The fourth-order valence-electron chi connectivity index (χ4n) is 2.02. The molecule has 1 fully saturated rings. The second-order valence-corrected chi connectivity index (χ2v) is 4.33. The largest absolute Gasteiger partial charge is 0.507 e. The number of nitrogens with one attached hydrogen (secondary N) is 1. The molecule has 1 aromatic heterocycles. The fourth-order valence-corrected chi connectivity index (χ4v) is 2.02. The number of anilines is 1. The van der Waals surface area contributed by atoms with Crippen LogP contribution in [0.15, 0.2) is 4.79 Å². The van der Waals surface area contributed by atoms with E-state index in [4.69, 9.17) is 0 Å². The molecule has 108 valence electrons. The molecule has 11 nitrogen and oxygen atoms in total. The first kappa shape index (κ1) is 13.8. The Hall–Kier alpha value is -2.59. The second-order valence-electron chi connectivity index (χ2n) is 4.33. The summed E-state index contributed by atoms with van der Waals surface area (Å²) >= 11 is 0. The maximum absolute atomic E-state index is 11.4. The highest BCUT2D eigenvalue weighted by Gasteiger charge is 2.38. The molecule has 1 saturated heterocycles. The first-order valence-electron chi connectivity index (χ1n) is 5.99. The van der Waals surface area contributed by atoms with Crippen molar-refractivity contribution in [1.29, 1.82) is 0 Å². The van der Waals surface area contributed by atoms with Gasteiger partial charge in [0.2, 0.25) is 5.95 Å². The van der Waals surface area contributed by atoms with E-state index in [1.165, 1.54) is 0 Å². The molecule has 0 bridgehead atoms. The zero-order valence-corrected chi connectivity index (χ0v) is 10.4. The average Bonchev–Trinajstić information content (AvgIpc) is 2.38. The summed E-state index contributed by atoms with van der Waals surface area (Å²) in [7, 11) is 0. The second kappa shape index (κ2) is 5.59. The van der Waals surface area contributed by atoms with Crippen molar-refractivity contribution in [3.63, 3.8) is 0 Å². The number of piperidine rings is 1. The highest BCUT2D eigenvalue weighted by molar-refractivity contribution is 5.29. The molecular weight excluding hydrogens is 272 g/mol. The van der Waals surface area contributed by atoms with Crippen molar-refractivity contribution in [3.05, 3.63) is 36.5 Å². The van der Waals surface area contributed by atoms with Crippen LogP contribution in [0, 0.1) is 20.2 Å². The van der Waals surface area contributed by atoms with Crippen molar-refractivity contribution < 1.29 is 9.85 Å². The molecule has 2 heterocycles. The third-order valence-corrected chi connectivity index (χ3v) is 2.94. The number of H-pyrrole nitrogens is 1. The zero-order valence-electron chi connectivity index (χ0n) is 10.4. The predicted octanol–water partition coefficient (Wildman–Crippen LogP) is -0.293. The van der Waals surface area contributed by atoms with Gasteiger partial charge >= 0.3 is 11.9 Å². The molecule has 20 heavy (non-hydrogen) atoms. The van der Waals surface area contributed by atoms with E-state index in [0.717, 1.165) is 19.3 Å². The Kier molecular flexibility index (Phi) is 3.86. The SMILES string of the molecule is O=c1nc(N2CCCCC2)nc(C([N+](=O)[O-])[N+](=O)[O-])[nH]1. The third-order valence-electron chi connectivity index (χ3n) is 2.94. The van der Waals surface area contributed by atoms with E-state index in [-0.39, 0.29) is 5.95 Å². The van der Waals surface area contributed by atoms with Gasteiger partial charge in [-0.3, -0.25) is 25.2 Å². The molecule has 1 aromatic rings. The van der Waals surface area contributed by atoms with Gasteiger partial charge in [0.15, 0.2) is 0 Å². The maximum atomic E-state index is 11.4. The molecule has 0 unspecified atom stereocenters. The van der Waals surface area contributed by atoms with Crippen molar-refractivity contribution in [2.45, 2.75) is 25.4 Å². The minimum Gasteiger partial charge on any atom is -0.341 e. The topological polar surface area (TPSA) is 148 Å². The third kappa shape index (κ3) is 2.87. The molecule has 0 amide bonds. The summed E-state index contributed by atoms with van der Waals surface area (Å²) in [6.07, 6.45) is 0.520. The van der Waals surface area contributed by atoms with Crippen LogP contribution in [0.3, 0.4) is 0 Å². The molecule has 0 aliphatic carbocycles. The Morgan fingerprint density at radius 3 is 2.25 bits per heavy atom. The summed E-state index contributed by atoms with van der Waals surface area (Å²) < 4.78 is 0. The normalized spacial score (nSPS) is 15.3. The van der Waals surface area contributed by atoms with Gasteiger partial charge in [-0.1, -0.05) is 0 Å². The molecule has 0 spiro atoms. The van der Waals surface area contributed by atoms with Crippen LogP contribution in [0.2, 0.25) is 0 Å². The van der Waals surface area contributed by atoms with Crippen LogP contribution in [-0.2, 0) is 0 Å². The van der Waals surface area contributed by atoms with Crippen molar-refractivity contribution in [3.8, 4) is 0 Å². The van der Waals surface area contributed by atoms with Gasteiger partial charge in [0.05, 0.1) is 0 Å². The number of hydrogen-bond donors (Lipinski definition) is 1. The van der Waals surface area contributed by atoms with Crippen molar-refractivity contribution in [1.82, 2.24) is 15.0 Å². The molecule has 0 aromatic carbocycles. The molecule has 0 atom stereocenters. The summed E-state index contributed by atoms with van der Waals surface area (Å²) in [6.45, 7) is 1.23. The molecule has 1 N–H and O–H groups in total. The molecule has 0 saturated carbocycles. The highest BCUT2D eigenvalue weighted by Crippen LogP contribution is 2.17. The van der Waals surface area contributed by atoms with E-state index >= 15 is 0 Å². The number of nitrogens with zero attached hydrogens (tertiary/aromatic N) is 5. The van der Waals surface area contributed by atoms with Gasteiger partial charge in [-0.2, -0.15) is 9.97 Å². The van der Waals surface area contributed by atoms with Gasteiger partial charge in [0, 0.05) is 13.1 Å². The summed E-state index contributed by atoms with van der Waals surface area (Å²) in [4.78, 5) is 41.7. The Labute approximate surface area is 112 Å². The smallest absolute Gasteiger partial charge is 0.341 e. The molecule has 1 aliphatic rings. The highest BCUT2D eigenvalue weighted by atomic mass is 16.7. The van der Waals surface area contributed by atoms with Crippen LogP contribution in [0.25, 0.3) is 0 Å². The van der Waals surface area contributed by atoms with E-state index in [2.05, 4.69) is 9.97 Å². The van der Waals surface area contributed by atoms with Crippen molar-refractivity contribution in [2.75, 3.05) is 18.0 Å². The molecule has 0 radical (unpaired) electrons. The van der Waals surface area contributed by atoms with Gasteiger partial charge in [0.1, 0.15) is 9.85 Å². The Balaban J connectivity index is 2.39. The average molecular weight is 284 g/mol. The van der Waals surface area contributed by atoms with E-state index in [0.29, 0.717) is 13.1 Å². The van der Waals surface area contributed by atoms with Crippen LogP contribution in [-0.4, -0.2) is 37.9 Å². The summed E-state index contributed by atoms with van der Waals surface area (Å²) in [5.74, 6) is -0.613. The maximum Gasteiger partial charge on any atom is 0.507 e. The quantitative estimate of drug-likeness (QED) is 0.450. The Morgan fingerprint density at radius 1 is 1.10 bits per heavy atom. The van der Waals surface area contributed by atoms with Gasteiger partial charge in [-0.05, 0) is 19.3 Å². The lowest BCUT2D eigenvalue weighted by atomic mass is 10.1. The lowest BCUT2D eigenvalue weighted by Gasteiger charge is -2.26. The molecular formula is C9H12N6O5. The van der Waals surface area contributed by atoms with Gasteiger partial charge in [-0.25, -0.2) is 4.79 Å². The van der Waals surface area contributed by atoms with E-state index in [1.54, 1.807) is 4.90 Å². The minimum absolute atomic E-state index is 0.00264. The lowest BCUT2D eigenvalue weighted by Crippen LogP contribution is -2.35. The van der Waals surface area contributed by atoms with E-state index in [1.807, 2.05) is 4.98 Å². The first-order chi connectivity index (χ1) is 9.49. The number of hydrogen-bond acceptors (Lipinski definition) is 8. The van der Waals surface area contributed by atoms with Gasteiger partial charge < -0.3 is 4.90 Å². The van der Waals surface area contributed by atoms with Gasteiger partial charge in [-0.15, -0.1) is 0 Å². The summed E-state index contributed by atoms with van der Waals surface area (Å²) in [5, 5.41) is 21.4. The van der Waals surface area contributed by atoms with Crippen LogP contribution in [0.1, 0.15) is 31.3 Å². The molecule has 1 aliphatic heterocycles. The van der Waals surface area contributed by atoms with Gasteiger partial charge in [0.25, 0.3) is 5.82 Å². The van der Waals surface area contributed by atoms with Crippen LogP contribution in [0.4, 0.5) is 5.95 Å². The zero-order chi connectivity index (χ0) is 14.7. The number of nitro groups is 2. The first-order valence-corrected chi connectivity index (χ1v) is 5.99. The molecule has 11 heteroatoms. The fraction of sp³-hybridized carbons (Fsp3) is 0.667. The van der Waals surface area contributed by atoms with Crippen molar-refractivity contribution >= 4 is 5.95 Å². The van der Waals surface area contributed by atoms with Crippen LogP contribution in [0.5, 0.6) is 0 Å². The Bertz CT molecular complexity index is 566. The minimum atomic E-state index is -2.30. The molecule has 2 rings (SSSR count). The van der Waals surface area contributed by atoms with Crippen LogP contribution >= 0.6 is 0 Å². The van der Waals surface area contributed by atoms with E-state index < -0.39 is 27.5 Å². The van der Waals surface area contributed by atoms with Crippen LogP contribution < -0.4 is 10.6 Å². The summed E-state index contributed by atoms with van der Waals surface area (Å²) in [6, 6.07) is 0. The number of rotatable bonds is 4. The standard InChI is InChI=1S/C9H12N6O5/c16-9-11-6(7(14(17)18)15(19)20)10-8(12-9)13-4-2-1-3-5-13/h7H,1-5H2,(H,10,11,12,16). The lowest BCUT2D eigenvalue weighted by molar-refractivity contribution is -0.754. The number of aromatic nitrogens is 3. The van der Waals surface area contributed by atoms with Crippen molar-refractivity contribution in [2.24, 2.45) is 0 Å².